The number of nitrogens with one attached hydrogen (secondary N) is 1. The summed E-state index contributed by atoms with van der Waals surface area (Å²) in [5.74, 6) is 0.239. The Morgan fingerprint density at radius 3 is 2.80 bits per heavy atom. The number of anilines is 1. The lowest BCUT2D eigenvalue weighted by Crippen LogP contribution is -2.20. The highest BCUT2D eigenvalue weighted by molar-refractivity contribution is 7.98. The molecule has 35 heavy (non-hydrogen) atoms. The lowest BCUT2D eigenvalue weighted by atomic mass is 10.2. The molecule has 0 aliphatic carbocycles. The van der Waals surface area contributed by atoms with Gasteiger partial charge in [-0.15, -0.1) is 16.9 Å². The predicted octanol–water partition coefficient (Wildman–Crippen LogP) is 2.70. The molecule has 0 unspecified atom stereocenters. The van der Waals surface area contributed by atoms with Crippen molar-refractivity contribution >= 4 is 29.7 Å². The van der Waals surface area contributed by atoms with E-state index in [9.17, 15) is 9.90 Å². The number of hydrazone groups is 1. The molecule has 0 spiro atoms. The van der Waals surface area contributed by atoms with E-state index in [2.05, 4.69) is 35.8 Å². The molecule has 2 aromatic carbocycles. The first kappa shape index (κ1) is 23.8. The first-order valence-electron chi connectivity index (χ1n) is 10.5. The van der Waals surface area contributed by atoms with E-state index in [0.717, 1.165) is 10.5 Å². The van der Waals surface area contributed by atoms with Crippen LogP contribution in [0.3, 0.4) is 0 Å². The zero-order chi connectivity index (χ0) is 24.8. The fourth-order valence-corrected chi connectivity index (χ4v) is 3.89. The fraction of sp³-hybridized carbons (Fsp3) is 0.182. The van der Waals surface area contributed by atoms with E-state index in [1.807, 2.05) is 38.1 Å². The number of carbonyl (C=O) groups is 1. The van der Waals surface area contributed by atoms with Crippen LogP contribution in [0.2, 0.25) is 0 Å². The smallest absolute Gasteiger partial charge is 0.293 e. The summed E-state index contributed by atoms with van der Waals surface area (Å²) in [5.41, 5.74) is 10.5. The minimum Gasteiger partial charge on any atom is -0.504 e. The number of ether oxygens (including phenoxy) is 1. The molecule has 2 heterocycles. The summed E-state index contributed by atoms with van der Waals surface area (Å²) in [6.07, 6.45) is 1.42. The fourth-order valence-electron chi connectivity index (χ4n) is 3.00. The Balaban J connectivity index is 1.55. The molecule has 12 nitrogen and oxygen atoms in total. The van der Waals surface area contributed by atoms with E-state index in [-0.39, 0.29) is 23.1 Å². The number of phenolic OH excluding ortho intramolecular Hbond substituents is 1. The van der Waals surface area contributed by atoms with Crippen LogP contribution in [0.15, 0.2) is 57.1 Å². The second-order valence-electron chi connectivity index (χ2n) is 7.23. The van der Waals surface area contributed by atoms with Crippen molar-refractivity contribution in [2.75, 3.05) is 12.3 Å². The number of amides is 1. The molecule has 0 aliphatic rings. The number of nitrogen functional groups attached to an aromatic ring is 1. The lowest BCUT2D eigenvalue weighted by molar-refractivity contribution is 0.0949. The summed E-state index contributed by atoms with van der Waals surface area (Å²) in [6.45, 7) is 4.22. The number of hydrogen-bond acceptors (Lipinski definition) is 11. The van der Waals surface area contributed by atoms with E-state index < -0.39 is 5.91 Å². The molecule has 180 valence electrons. The van der Waals surface area contributed by atoms with Crippen LogP contribution < -0.4 is 15.9 Å². The number of nitrogens with zero attached hydrogens (tertiary/aromatic N) is 6. The molecule has 0 atom stereocenters. The highest BCUT2D eigenvalue weighted by atomic mass is 32.2. The van der Waals surface area contributed by atoms with Crippen molar-refractivity contribution in [2.24, 2.45) is 5.10 Å². The number of aryl methyl sites for hydroxylation is 1. The summed E-state index contributed by atoms with van der Waals surface area (Å²) in [5, 5.41) is 29.2. The maximum atomic E-state index is 12.9. The largest absolute Gasteiger partial charge is 0.504 e. The molecule has 0 saturated carbocycles. The van der Waals surface area contributed by atoms with Gasteiger partial charge in [0.1, 0.15) is 0 Å². The number of carbonyl (C=O) groups excluding carboxylic acids is 1. The molecule has 0 radical (unpaired) electrons. The van der Waals surface area contributed by atoms with Crippen LogP contribution in [-0.4, -0.2) is 49.1 Å². The standard InChI is InChI=1S/C22H22N8O4S/c1-3-33-18-10-14(6-9-17(18)31)11-24-26-22(32)19-16(12-35-15-7-4-13(2)5-8-15)30(29-25-19)21-20(23)27-34-28-21/h4-11,31H,3,12H2,1-2H3,(H2,23,27)(H,26,32)/b24-11+. The Bertz CT molecular complexity index is 1350. The number of thioether (sulfide) groups is 1. The molecule has 0 bridgehead atoms. The topological polar surface area (TPSA) is 167 Å². The Kier molecular flexibility index (Phi) is 7.26. The Morgan fingerprint density at radius 1 is 1.29 bits per heavy atom. The van der Waals surface area contributed by atoms with Crippen molar-refractivity contribution < 1.29 is 19.3 Å². The summed E-state index contributed by atoms with van der Waals surface area (Å²) in [6, 6.07) is 12.7. The average Bonchev–Trinajstić information content (AvgIpc) is 3.46. The van der Waals surface area contributed by atoms with Crippen LogP contribution in [0.5, 0.6) is 11.5 Å². The monoisotopic (exact) mass is 494 g/mol. The number of benzene rings is 2. The van der Waals surface area contributed by atoms with Crippen molar-refractivity contribution in [1.29, 1.82) is 0 Å². The number of rotatable bonds is 9. The lowest BCUT2D eigenvalue weighted by Gasteiger charge is -2.06. The molecule has 4 rings (SSSR count). The molecule has 4 N–H and O–H groups in total. The summed E-state index contributed by atoms with van der Waals surface area (Å²) in [4.78, 5) is 13.9. The van der Waals surface area contributed by atoms with Crippen LogP contribution in [-0.2, 0) is 5.75 Å². The van der Waals surface area contributed by atoms with Gasteiger partial charge in [0.25, 0.3) is 5.91 Å². The van der Waals surface area contributed by atoms with Crippen molar-refractivity contribution in [3.05, 3.63) is 65.0 Å². The van der Waals surface area contributed by atoms with Gasteiger partial charge in [-0.2, -0.15) is 9.78 Å². The number of aromatic hydroxyl groups is 1. The van der Waals surface area contributed by atoms with Gasteiger partial charge < -0.3 is 15.6 Å². The van der Waals surface area contributed by atoms with E-state index in [0.29, 0.717) is 29.4 Å². The van der Waals surface area contributed by atoms with Gasteiger partial charge in [0.15, 0.2) is 17.2 Å². The quantitative estimate of drug-likeness (QED) is 0.179. The van der Waals surface area contributed by atoms with E-state index in [4.69, 9.17) is 10.5 Å². The molecule has 4 aromatic rings. The van der Waals surface area contributed by atoms with Crippen LogP contribution in [0.25, 0.3) is 5.82 Å². The molecule has 1 amide bonds. The molecule has 0 fully saturated rings. The van der Waals surface area contributed by atoms with Gasteiger partial charge in [-0.25, -0.2) is 10.1 Å². The van der Waals surface area contributed by atoms with E-state index in [1.54, 1.807) is 12.1 Å². The number of hydrogen-bond donors (Lipinski definition) is 3. The summed E-state index contributed by atoms with van der Waals surface area (Å²) >= 11 is 1.49. The second kappa shape index (κ2) is 10.7. The van der Waals surface area contributed by atoms with Gasteiger partial charge in [-0.3, -0.25) is 4.79 Å². The van der Waals surface area contributed by atoms with Gasteiger partial charge in [-0.1, -0.05) is 22.9 Å². The molecule has 0 aliphatic heterocycles. The van der Waals surface area contributed by atoms with Gasteiger partial charge in [-0.05, 0) is 60.1 Å². The first-order chi connectivity index (χ1) is 17.0. The molecular formula is C22H22N8O4S. The van der Waals surface area contributed by atoms with Gasteiger partial charge in [0.2, 0.25) is 11.6 Å². The Hall–Kier alpha value is -4.39. The SMILES string of the molecule is CCOc1cc(/C=N/NC(=O)c2nnn(-c3nonc3N)c2CSc2ccc(C)cc2)ccc1O. The zero-order valence-corrected chi connectivity index (χ0v) is 19.7. The van der Waals surface area contributed by atoms with Gasteiger partial charge in [0.05, 0.1) is 18.5 Å². The Labute approximate surface area is 204 Å². The molecule has 13 heteroatoms. The van der Waals surface area contributed by atoms with Crippen LogP contribution in [0.1, 0.15) is 34.2 Å². The van der Waals surface area contributed by atoms with Crippen molar-refractivity contribution in [3.8, 4) is 17.3 Å². The van der Waals surface area contributed by atoms with Gasteiger partial charge in [0, 0.05) is 10.6 Å². The zero-order valence-electron chi connectivity index (χ0n) is 18.9. The maximum Gasteiger partial charge on any atom is 0.293 e. The normalized spacial score (nSPS) is 11.1. The van der Waals surface area contributed by atoms with Crippen LogP contribution >= 0.6 is 11.8 Å². The third kappa shape index (κ3) is 5.58. The van der Waals surface area contributed by atoms with Crippen molar-refractivity contribution in [2.45, 2.75) is 24.5 Å². The van der Waals surface area contributed by atoms with Crippen LogP contribution in [0, 0.1) is 6.92 Å². The van der Waals surface area contributed by atoms with Crippen molar-refractivity contribution in [3.63, 3.8) is 0 Å². The average molecular weight is 495 g/mol. The highest BCUT2D eigenvalue weighted by Crippen LogP contribution is 2.27. The summed E-state index contributed by atoms with van der Waals surface area (Å²) in [7, 11) is 0. The molecule has 2 aromatic heterocycles. The predicted molar refractivity (Wildman–Crippen MR) is 129 cm³/mol. The number of aromatic nitrogens is 5. The minimum atomic E-state index is -0.578. The first-order valence-corrected chi connectivity index (χ1v) is 11.5. The number of nitrogens with two attached hydrogens (primary N) is 1. The van der Waals surface area contributed by atoms with Crippen molar-refractivity contribution in [1.82, 2.24) is 30.7 Å². The highest BCUT2D eigenvalue weighted by Gasteiger charge is 2.24. The molecular weight excluding hydrogens is 472 g/mol. The third-order valence-corrected chi connectivity index (χ3v) is 5.76. The van der Waals surface area contributed by atoms with Gasteiger partial charge >= 0.3 is 0 Å². The Morgan fingerprint density at radius 2 is 2.09 bits per heavy atom. The second-order valence-corrected chi connectivity index (χ2v) is 8.28. The minimum absolute atomic E-state index is 0.0129. The van der Waals surface area contributed by atoms with E-state index >= 15 is 0 Å². The van der Waals surface area contributed by atoms with E-state index in [1.165, 1.54) is 28.7 Å². The summed E-state index contributed by atoms with van der Waals surface area (Å²) < 4.78 is 11.4. The molecule has 0 saturated heterocycles. The van der Waals surface area contributed by atoms with Crippen LogP contribution in [0.4, 0.5) is 5.82 Å². The third-order valence-electron chi connectivity index (χ3n) is 4.73. The maximum absolute atomic E-state index is 12.9. The number of phenols is 1.